The Morgan fingerprint density at radius 3 is 2.90 bits per heavy atom. The lowest BCUT2D eigenvalue weighted by Crippen LogP contribution is -2.21. The first-order chi connectivity index (χ1) is 9.70. The number of hydrogen-bond acceptors (Lipinski definition) is 3. The molecule has 0 radical (unpaired) electrons. The fourth-order valence-corrected chi connectivity index (χ4v) is 2.96. The third kappa shape index (κ3) is 4.23. The van der Waals surface area contributed by atoms with E-state index in [1.807, 2.05) is 18.2 Å². The minimum Gasteiger partial charge on any atom is -0.491 e. The molecule has 1 atom stereocenters. The van der Waals surface area contributed by atoms with Gasteiger partial charge in [-0.15, -0.1) is 0 Å². The Morgan fingerprint density at radius 2 is 2.20 bits per heavy atom. The summed E-state index contributed by atoms with van der Waals surface area (Å²) in [7, 11) is 0. The number of thiophene rings is 1. The summed E-state index contributed by atoms with van der Waals surface area (Å²) in [5, 5.41) is 4.89. The molecule has 0 saturated heterocycles. The Morgan fingerprint density at radius 1 is 1.35 bits per heavy atom. The van der Waals surface area contributed by atoms with E-state index in [4.69, 9.17) is 22.1 Å². The number of hydrogen-bond donors (Lipinski definition) is 1. The van der Waals surface area contributed by atoms with Crippen LogP contribution in [0.3, 0.4) is 0 Å². The van der Waals surface area contributed by atoms with E-state index < -0.39 is 0 Å². The van der Waals surface area contributed by atoms with Crippen LogP contribution in [-0.4, -0.2) is 12.6 Å². The van der Waals surface area contributed by atoms with E-state index in [1.165, 1.54) is 5.56 Å². The van der Waals surface area contributed by atoms with Crippen LogP contribution in [0, 0.1) is 0 Å². The number of benzene rings is 1. The molecule has 0 fully saturated rings. The third-order valence-electron chi connectivity index (χ3n) is 3.27. The second-order valence-corrected chi connectivity index (χ2v) is 6.02. The molecule has 0 amide bonds. The van der Waals surface area contributed by atoms with Crippen molar-refractivity contribution in [3.05, 3.63) is 51.2 Å². The summed E-state index contributed by atoms with van der Waals surface area (Å²) < 4.78 is 5.90. The van der Waals surface area contributed by atoms with Crippen LogP contribution in [-0.2, 0) is 12.8 Å². The molecule has 0 aliphatic rings. The largest absolute Gasteiger partial charge is 0.491 e. The predicted octanol–water partition coefficient (Wildman–Crippen LogP) is 4.30. The zero-order valence-corrected chi connectivity index (χ0v) is 13.2. The van der Waals surface area contributed by atoms with Crippen LogP contribution < -0.4 is 10.5 Å². The molecular formula is C16H20ClNOS. The summed E-state index contributed by atoms with van der Waals surface area (Å²) in [6.07, 6.45) is 2.64. The average Bonchev–Trinajstić information content (AvgIpc) is 2.95. The van der Waals surface area contributed by atoms with E-state index in [-0.39, 0.29) is 6.04 Å². The predicted molar refractivity (Wildman–Crippen MR) is 86.9 cm³/mol. The monoisotopic (exact) mass is 309 g/mol. The van der Waals surface area contributed by atoms with E-state index >= 15 is 0 Å². The van der Waals surface area contributed by atoms with Gasteiger partial charge in [0.25, 0.3) is 0 Å². The van der Waals surface area contributed by atoms with Gasteiger partial charge in [0, 0.05) is 12.5 Å². The van der Waals surface area contributed by atoms with Crippen molar-refractivity contribution >= 4 is 22.9 Å². The first kappa shape index (κ1) is 15.4. The number of halogens is 1. The highest BCUT2D eigenvalue weighted by Crippen LogP contribution is 2.30. The minimum absolute atomic E-state index is 0.146. The van der Waals surface area contributed by atoms with Crippen LogP contribution in [0.25, 0.3) is 0 Å². The summed E-state index contributed by atoms with van der Waals surface area (Å²) in [4.78, 5) is 0. The maximum Gasteiger partial charge on any atom is 0.141 e. The molecule has 2 aromatic rings. The fraction of sp³-hybridized carbons (Fsp3) is 0.375. The van der Waals surface area contributed by atoms with Crippen molar-refractivity contribution in [2.45, 2.75) is 32.2 Å². The summed E-state index contributed by atoms with van der Waals surface area (Å²) >= 11 is 7.96. The second kappa shape index (κ2) is 7.67. The SMILES string of the molecule is CCC(N)Cc1cccc(Cl)c1OCCc1ccsc1. The van der Waals surface area contributed by atoms with Crippen molar-refractivity contribution < 1.29 is 4.74 Å². The first-order valence-corrected chi connectivity index (χ1v) is 8.19. The maximum absolute atomic E-state index is 6.25. The van der Waals surface area contributed by atoms with Gasteiger partial charge < -0.3 is 10.5 Å². The standard InChI is InChI=1S/C16H20ClNOS/c1-2-14(18)10-13-4-3-5-15(17)16(13)19-8-6-12-7-9-20-11-12/h3-5,7,9,11,14H,2,6,8,10,18H2,1H3. The van der Waals surface area contributed by atoms with E-state index in [1.54, 1.807) is 11.3 Å². The van der Waals surface area contributed by atoms with Crippen LogP contribution in [0.1, 0.15) is 24.5 Å². The molecule has 2 nitrogen and oxygen atoms in total. The zero-order valence-electron chi connectivity index (χ0n) is 11.6. The highest BCUT2D eigenvalue weighted by molar-refractivity contribution is 7.07. The molecule has 1 unspecified atom stereocenters. The van der Waals surface area contributed by atoms with Crippen molar-refractivity contribution in [1.29, 1.82) is 0 Å². The number of nitrogens with two attached hydrogens (primary N) is 1. The minimum atomic E-state index is 0.146. The summed E-state index contributed by atoms with van der Waals surface area (Å²) in [6, 6.07) is 8.12. The van der Waals surface area contributed by atoms with E-state index in [9.17, 15) is 0 Å². The van der Waals surface area contributed by atoms with Crippen LogP contribution in [0.15, 0.2) is 35.0 Å². The molecule has 4 heteroatoms. The molecule has 0 saturated carbocycles. The first-order valence-electron chi connectivity index (χ1n) is 6.87. The van der Waals surface area contributed by atoms with Crippen molar-refractivity contribution in [1.82, 2.24) is 0 Å². The van der Waals surface area contributed by atoms with E-state index in [0.29, 0.717) is 11.6 Å². The van der Waals surface area contributed by atoms with Gasteiger partial charge >= 0.3 is 0 Å². The molecule has 2 rings (SSSR count). The summed E-state index contributed by atoms with van der Waals surface area (Å²) in [5.41, 5.74) is 8.43. The van der Waals surface area contributed by atoms with Crippen molar-refractivity contribution in [3.63, 3.8) is 0 Å². The summed E-state index contributed by atoms with van der Waals surface area (Å²) in [6.45, 7) is 2.72. The maximum atomic E-state index is 6.25. The molecule has 1 aromatic heterocycles. The topological polar surface area (TPSA) is 35.2 Å². The number of rotatable bonds is 7. The lowest BCUT2D eigenvalue weighted by atomic mass is 10.0. The molecule has 1 aromatic carbocycles. The molecule has 0 aliphatic heterocycles. The normalized spacial score (nSPS) is 12.3. The lowest BCUT2D eigenvalue weighted by molar-refractivity contribution is 0.318. The summed E-state index contributed by atoms with van der Waals surface area (Å²) in [5.74, 6) is 0.785. The van der Waals surface area contributed by atoms with Crippen molar-refractivity contribution in [2.75, 3.05) is 6.61 Å². The van der Waals surface area contributed by atoms with Crippen LogP contribution >= 0.6 is 22.9 Å². The quantitative estimate of drug-likeness (QED) is 0.827. The van der Waals surface area contributed by atoms with Gasteiger partial charge in [0.15, 0.2) is 0 Å². The Kier molecular flexibility index (Phi) is 5.89. The van der Waals surface area contributed by atoms with Gasteiger partial charge in [-0.25, -0.2) is 0 Å². The Labute approximate surface area is 129 Å². The van der Waals surface area contributed by atoms with Gasteiger partial charge in [-0.3, -0.25) is 0 Å². The van der Waals surface area contributed by atoms with Crippen molar-refractivity contribution in [3.8, 4) is 5.75 Å². The van der Waals surface area contributed by atoms with Gasteiger partial charge in [-0.2, -0.15) is 11.3 Å². The molecule has 1 heterocycles. The lowest BCUT2D eigenvalue weighted by Gasteiger charge is -2.15. The Balaban J connectivity index is 2.01. The molecule has 0 bridgehead atoms. The molecule has 20 heavy (non-hydrogen) atoms. The smallest absolute Gasteiger partial charge is 0.141 e. The van der Waals surface area contributed by atoms with Gasteiger partial charge in [-0.1, -0.05) is 30.7 Å². The van der Waals surface area contributed by atoms with Gasteiger partial charge in [0.05, 0.1) is 11.6 Å². The van der Waals surface area contributed by atoms with Gasteiger partial charge in [0.1, 0.15) is 5.75 Å². The van der Waals surface area contributed by atoms with Crippen LogP contribution in [0.2, 0.25) is 5.02 Å². The van der Waals surface area contributed by atoms with Gasteiger partial charge in [-0.05, 0) is 46.9 Å². The highest BCUT2D eigenvalue weighted by Gasteiger charge is 2.11. The molecule has 0 aliphatic carbocycles. The van der Waals surface area contributed by atoms with E-state index in [0.717, 1.165) is 30.6 Å². The van der Waals surface area contributed by atoms with Crippen LogP contribution in [0.4, 0.5) is 0 Å². The molecule has 2 N–H and O–H groups in total. The molecule has 108 valence electrons. The highest BCUT2D eigenvalue weighted by atomic mass is 35.5. The average molecular weight is 310 g/mol. The number of para-hydroxylation sites is 1. The second-order valence-electron chi connectivity index (χ2n) is 4.83. The number of ether oxygens (including phenoxy) is 1. The fourth-order valence-electron chi connectivity index (χ4n) is 2.01. The molecular weight excluding hydrogens is 290 g/mol. The molecule has 0 spiro atoms. The Hall–Kier alpha value is -1.03. The Bertz CT molecular complexity index is 527. The van der Waals surface area contributed by atoms with E-state index in [2.05, 4.69) is 23.8 Å². The third-order valence-corrected chi connectivity index (χ3v) is 4.30. The zero-order chi connectivity index (χ0) is 14.4. The van der Waals surface area contributed by atoms with Gasteiger partial charge in [0.2, 0.25) is 0 Å². The van der Waals surface area contributed by atoms with Crippen LogP contribution in [0.5, 0.6) is 5.75 Å². The van der Waals surface area contributed by atoms with Crippen molar-refractivity contribution in [2.24, 2.45) is 5.73 Å².